The molecule has 2 saturated heterocycles. The Morgan fingerprint density at radius 3 is 2.72 bits per heavy atom. The van der Waals surface area contributed by atoms with E-state index in [9.17, 15) is 14.4 Å². The Morgan fingerprint density at radius 1 is 1.12 bits per heavy atom. The number of aromatic nitrogens is 1. The van der Waals surface area contributed by atoms with E-state index in [1.54, 1.807) is 35.0 Å². The van der Waals surface area contributed by atoms with Gasteiger partial charge in [-0.3, -0.25) is 19.3 Å². The molecule has 0 aliphatic carbocycles. The number of nitrogens with zero attached hydrogens (tertiary/aromatic N) is 3. The molecule has 3 heterocycles. The van der Waals surface area contributed by atoms with Gasteiger partial charge >= 0.3 is 0 Å². The molecule has 0 bridgehead atoms. The Balaban J connectivity index is 1.61. The zero-order chi connectivity index (χ0) is 17.6. The standard InChI is InChI=1S/C18H20N4O3/c1-20-6-7-21-8-9-22(11-15(21)18(20)25)17(24)14-10-16(23)12-4-2-3-5-13(12)19-14/h2-5,10,15H,6-9,11H2,1H3,(H,19,23)/t15-/m1/s1. The summed E-state index contributed by atoms with van der Waals surface area (Å²) in [5.41, 5.74) is 0.740. The highest BCUT2D eigenvalue weighted by Crippen LogP contribution is 2.18. The summed E-state index contributed by atoms with van der Waals surface area (Å²) in [5, 5.41) is 0.563. The Hall–Kier alpha value is -2.67. The number of nitrogens with one attached hydrogen (secondary N) is 1. The molecule has 0 saturated carbocycles. The van der Waals surface area contributed by atoms with Crippen LogP contribution in [0.25, 0.3) is 10.9 Å². The molecule has 2 amide bonds. The van der Waals surface area contributed by atoms with E-state index in [0.717, 1.165) is 13.1 Å². The first kappa shape index (κ1) is 15.8. The molecule has 1 N–H and O–H groups in total. The number of piperazine rings is 2. The highest BCUT2D eigenvalue weighted by atomic mass is 16.2. The summed E-state index contributed by atoms with van der Waals surface area (Å²) >= 11 is 0. The van der Waals surface area contributed by atoms with Crippen LogP contribution in [0.4, 0.5) is 0 Å². The van der Waals surface area contributed by atoms with Gasteiger partial charge in [-0.2, -0.15) is 0 Å². The topological polar surface area (TPSA) is 76.7 Å². The van der Waals surface area contributed by atoms with Crippen LogP contribution in [0.3, 0.4) is 0 Å². The van der Waals surface area contributed by atoms with Gasteiger partial charge in [0.15, 0.2) is 5.43 Å². The number of benzene rings is 1. The third kappa shape index (κ3) is 2.70. The molecule has 2 aliphatic heterocycles. The van der Waals surface area contributed by atoms with Gasteiger partial charge in [0.2, 0.25) is 5.91 Å². The third-order valence-corrected chi connectivity index (χ3v) is 5.13. The number of H-pyrrole nitrogens is 1. The first-order valence-electron chi connectivity index (χ1n) is 8.45. The van der Waals surface area contributed by atoms with Gasteiger partial charge in [-0.25, -0.2) is 0 Å². The van der Waals surface area contributed by atoms with Crippen molar-refractivity contribution in [3.63, 3.8) is 0 Å². The molecule has 2 aromatic rings. The fourth-order valence-electron chi connectivity index (χ4n) is 3.63. The van der Waals surface area contributed by atoms with Crippen LogP contribution in [-0.2, 0) is 4.79 Å². The molecule has 4 rings (SSSR count). The van der Waals surface area contributed by atoms with Crippen molar-refractivity contribution in [2.24, 2.45) is 0 Å². The first-order valence-corrected chi connectivity index (χ1v) is 8.45. The normalized spacial score (nSPS) is 21.5. The second-order valence-corrected chi connectivity index (χ2v) is 6.66. The summed E-state index contributed by atoms with van der Waals surface area (Å²) < 4.78 is 0. The average molecular weight is 340 g/mol. The van der Waals surface area contributed by atoms with Crippen molar-refractivity contribution in [2.75, 3.05) is 39.8 Å². The molecule has 25 heavy (non-hydrogen) atoms. The van der Waals surface area contributed by atoms with Crippen molar-refractivity contribution in [3.8, 4) is 0 Å². The fraction of sp³-hybridized carbons (Fsp3) is 0.389. The lowest BCUT2D eigenvalue weighted by Crippen LogP contribution is -2.64. The Morgan fingerprint density at radius 2 is 1.88 bits per heavy atom. The maximum absolute atomic E-state index is 12.9. The van der Waals surface area contributed by atoms with Crippen LogP contribution >= 0.6 is 0 Å². The fourth-order valence-corrected chi connectivity index (χ4v) is 3.63. The van der Waals surface area contributed by atoms with Gasteiger partial charge in [0, 0.05) is 56.7 Å². The van der Waals surface area contributed by atoms with E-state index in [2.05, 4.69) is 9.88 Å². The van der Waals surface area contributed by atoms with E-state index in [-0.39, 0.29) is 29.0 Å². The van der Waals surface area contributed by atoms with Gasteiger partial charge in [0.25, 0.3) is 5.91 Å². The highest BCUT2D eigenvalue weighted by molar-refractivity contribution is 5.95. The number of likely N-dealkylation sites (N-methyl/N-ethyl adjacent to an activating group) is 1. The summed E-state index contributed by atoms with van der Waals surface area (Å²) in [7, 11) is 1.79. The number of carbonyl (C=O) groups is 2. The molecular formula is C18H20N4O3. The smallest absolute Gasteiger partial charge is 0.270 e. The molecule has 7 nitrogen and oxygen atoms in total. The van der Waals surface area contributed by atoms with Crippen molar-refractivity contribution in [3.05, 3.63) is 46.2 Å². The number of rotatable bonds is 1. The lowest BCUT2D eigenvalue weighted by atomic mass is 10.1. The summed E-state index contributed by atoms with van der Waals surface area (Å²) in [6.07, 6.45) is 0. The van der Waals surface area contributed by atoms with Crippen molar-refractivity contribution in [1.82, 2.24) is 19.7 Å². The molecule has 7 heteroatoms. The first-order chi connectivity index (χ1) is 12.0. The van der Waals surface area contributed by atoms with Gasteiger partial charge in [0.05, 0.1) is 0 Å². The van der Waals surface area contributed by atoms with E-state index in [1.807, 2.05) is 6.07 Å². The lowest BCUT2D eigenvalue weighted by molar-refractivity contribution is -0.142. The summed E-state index contributed by atoms with van der Waals surface area (Å²) in [6.45, 7) is 3.15. The van der Waals surface area contributed by atoms with Crippen LogP contribution in [0.5, 0.6) is 0 Å². The quantitative estimate of drug-likeness (QED) is 0.800. The van der Waals surface area contributed by atoms with Crippen molar-refractivity contribution in [1.29, 1.82) is 0 Å². The zero-order valence-electron chi connectivity index (χ0n) is 14.1. The van der Waals surface area contributed by atoms with E-state index in [0.29, 0.717) is 30.5 Å². The maximum Gasteiger partial charge on any atom is 0.270 e. The van der Waals surface area contributed by atoms with Gasteiger partial charge in [0.1, 0.15) is 11.7 Å². The molecule has 130 valence electrons. The maximum atomic E-state index is 12.9. The number of para-hydroxylation sites is 1. The Kier molecular flexibility index (Phi) is 3.80. The predicted molar refractivity (Wildman–Crippen MR) is 93.5 cm³/mol. The van der Waals surface area contributed by atoms with E-state index in [1.165, 1.54) is 6.07 Å². The molecule has 0 unspecified atom stereocenters. The second-order valence-electron chi connectivity index (χ2n) is 6.66. The molecule has 1 aromatic carbocycles. The number of carbonyl (C=O) groups excluding carboxylic acids is 2. The largest absolute Gasteiger partial charge is 0.350 e. The predicted octanol–water partition coefficient (Wildman–Crippen LogP) is 0.127. The van der Waals surface area contributed by atoms with E-state index in [4.69, 9.17) is 0 Å². The minimum Gasteiger partial charge on any atom is -0.350 e. The SMILES string of the molecule is CN1CCN2CCN(C(=O)c3cc(=O)c4ccccc4[nH]3)C[C@@H]2C1=O. The van der Waals surface area contributed by atoms with E-state index >= 15 is 0 Å². The Bertz CT molecular complexity index is 907. The van der Waals surface area contributed by atoms with Crippen molar-refractivity contribution < 1.29 is 9.59 Å². The van der Waals surface area contributed by atoms with Crippen LogP contribution in [0.15, 0.2) is 35.1 Å². The van der Waals surface area contributed by atoms with Crippen LogP contribution in [0, 0.1) is 0 Å². The van der Waals surface area contributed by atoms with Gasteiger partial charge < -0.3 is 14.8 Å². The van der Waals surface area contributed by atoms with Gasteiger partial charge in [-0.15, -0.1) is 0 Å². The van der Waals surface area contributed by atoms with Gasteiger partial charge in [-0.1, -0.05) is 12.1 Å². The number of aromatic amines is 1. The van der Waals surface area contributed by atoms with Crippen LogP contribution in [0.2, 0.25) is 0 Å². The number of hydrogen-bond donors (Lipinski definition) is 1. The number of pyridine rings is 1. The molecule has 2 aliphatic rings. The molecule has 1 aromatic heterocycles. The van der Waals surface area contributed by atoms with Crippen LogP contribution in [0.1, 0.15) is 10.5 Å². The average Bonchev–Trinajstić information content (AvgIpc) is 2.64. The van der Waals surface area contributed by atoms with E-state index < -0.39 is 0 Å². The summed E-state index contributed by atoms with van der Waals surface area (Å²) in [5.74, 6) is -0.181. The molecule has 0 radical (unpaired) electrons. The number of amides is 2. The second kappa shape index (κ2) is 6.00. The summed E-state index contributed by atoms with van der Waals surface area (Å²) in [6, 6.07) is 8.20. The zero-order valence-corrected chi connectivity index (χ0v) is 14.1. The minimum atomic E-state index is -0.288. The Labute approximate surface area is 144 Å². The molecule has 0 spiro atoms. The van der Waals surface area contributed by atoms with Gasteiger partial charge in [-0.05, 0) is 12.1 Å². The lowest BCUT2D eigenvalue weighted by Gasteiger charge is -2.45. The summed E-state index contributed by atoms with van der Waals surface area (Å²) in [4.78, 5) is 46.1. The van der Waals surface area contributed by atoms with Crippen molar-refractivity contribution in [2.45, 2.75) is 6.04 Å². The molecule has 2 fully saturated rings. The molecule has 1 atom stereocenters. The number of hydrogen-bond acceptors (Lipinski definition) is 4. The van der Waals surface area contributed by atoms with Crippen LogP contribution in [-0.4, -0.2) is 77.3 Å². The minimum absolute atomic E-state index is 0.0516. The third-order valence-electron chi connectivity index (χ3n) is 5.13. The number of fused-ring (bicyclic) bond motifs is 2. The monoisotopic (exact) mass is 340 g/mol. The van der Waals surface area contributed by atoms with Crippen molar-refractivity contribution >= 4 is 22.7 Å². The highest BCUT2D eigenvalue weighted by Gasteiger charge is 2.38. The van der Waals surface area contributed by atoms with Crippen LogP contribution < -0.4 is 5.43 Å². The molecular weight excluding hydrogens is 320 g/mol.